The predicted molar refractivity (Wildman–Crippen MR) is 87.0 cm³/mol. The molecule has 0 radical (unpaired) electrons. The summed E-state index contributed by atoms with van der Waals surface area (Å²) in [6, 6.07) is 8.31. The highest BCUT2D eigenvalue weighted by atomic mass is 16.5. The van der Waals surface area contributed by atoms with Gasteiger partial charge in [-0.3, -0.25) is 4.79 Å². The smallest absolute Gasteiger partial charge is 0.257 e. The van der Waals surface area contributed by atoms with Crippen LogP contribution >= 0.6 is 0 Å². The lowest BCUT2D eigenvalue weighted by atomic mass is 9.99. The lowest BCUT2D eigenvalue weighted by molar-refractivity contribution is 0.0937. The molecule has 0 aliphatic carbocycles. The minimum Gasteiger partial charge on any atom is -0.361 e. The molecular weight excluding hydrogens is 276 g/mol. The van der Waals surface area contributed by atoms with E-state index in [-0.39, 0.29) is 11.9 Å². The molecule has 2 rings (SSSR count). The van der Waals surface area contributed by atoms with Crippen LogP contribution in [0.15, 0.2) is 28.8 Å². The first-order chi connectivity index (χ1) is 10.4. The summed E-state index contributed by atoms with van der Waals surface area (Å²) in [5.74, 6) is 0.943. The lowest BCUT2D eigenvalue weighted by Crippen LogP contribution is -2.27. The van der Waals surface area contributed by atoms with Crippen molar-refractivity contribution in [2.75, 3.05) is 0 Å². The van der Waals surface area contributed by atoms with Gasteiger partial charge >= 0.3 is 0 Å². The van der Waals surface area contributed by atoms with Gasteiger partial charge in [0.25, 0.3) is 5.91 Å². The number of rotatable bonds is 5. The van der Waals surface area contributed by atoms with Crippen molar-refractivity contribution in [1.82, 2.24) is 10.5 Å². The third-order valence-electron chi connectivity index (χ3n) is 3.95. The van der Waals surface area contributed by atoms with Crippen LogP contribution in [-0.4, -0.2) is 11.1 Å². The Morgan fingerprint density at radius 2 is 1.77 bits per heavy atom. The SMILES string of the molecule is CCc1noc(C)c1C(=O)NC(C)c1ccc(C(C)C)cc1. The number of nitrogens with one attached hydrogen (secondary N) is 1. The molecule has 0 aliphatic rings. The molecule has 0 fully saturated rings. The van der Waals surface area contributed by atoms with Crippen LogP contribution in [0.1, 0.15) is 72.6 Å². The maximum atomic E-state index is 12.5. The van der Waals surface area contributed by atoms with Crippen LogP contribution in [0, 0.1) is 6.92 Å². The largest absolute Gasteiger partial charge is 0.361 e. The van der Waals surface area contributed by atoms with Crippen LogP contribution in [0.4, 0.5) is 0 Å². The fourth-order valence-electron chi connectivity index (χ4n) is 2.47. The van der Waals surface area contributed by atoms with E-state index in [1.54, 1.807) is 6.92 Å². The first-order valence-electron chi connectivity index (χ1n) is 7.79. The fourth-order valence-corrected chi connectivity index (χ4v) is 2.47. The number of hydrogen-bond donors (Lipinski definition) is 1. The summed E-state index contributed by atoms with van der Waals surface area (Å²) >= 11 is 0. The van der Waals surface area contributed by atoms with Crippen molar-refractivity contribution in [2.45, 2.75) is 53.0 Å². The van der Waals surface area contributed by atoms with Crippen LogP contribution in [-0.2, 0) is 6.42 Å². The van der Waals surface area contributed by atoms with E-state index in [2.05, 4.69) is 48.6 Å². The van der Waals surface area contributed by atoms with Gasteiger partial charge in [-0.1, -0.05) is 50.2 Å². The fraction of sp³-hybridized carbons (Fsp3) is 0.444. The van der Waals surface area contributed by atoms with Crippen molar-refractivity contribution in [1.29, 1.82) is 0 Å². The molecule has 2 aromatic rings. The molecule has 1 amide bonds. The molecular formula is C18H24N2O2. The van der Waals surface area contributed by atoms with Crippen molar-refractivity contribution in [3.05, 3.63) is 52.4 Å². The van der Waals surface area contributed by atoms with Crippen LogP contribution in [0.25, 0.3) is 0 Å². The third kappa shape index (κ3) is 3.38. The Hall–Kier alpha value is -2.10. The molecule has 1 heterocycles. The quantitative estimate of drug-likeness (QED) is 0.902. The molecule has 1 aromatic heterocycles. The van der Waals surface area contributed by atoms with E-state index in [9.17, 15) is 4.79 Å². The summed E-state index contributed by atoms with van der Waals surface area (Å²) in [4.78, 5) is 12.5. The first kappa shape index (κ1) is 16.3. The summed E-state index contributed by atoms with van der Waals surface area (Å²) in [6.45, 7) is 10.0. The number of benzene rings is 1. The lowest BCUT2D eigenvalue weighted by Gasteiger charge is -2.15. The van der Waals surface area contributed by atoms with Gasteiger partial charge in [0.05, 0.1) is 11.7 Å². The summed E-state index contributed by atoms with van der Waals surface area (Å²) < 4.78 is 5.13. The van der Waals surface area contributed by atoms with Crippen LogP contribution < -0.4 is 5.32 Å². The van der Waals surface area contributed by atoms with Crippen LogP contribution in [0.3, 0.4) is 0 Å². The number of aryl methyl sites for hydroxylation is 2. The molecule has 22 heavy (non-hydrogen) atoms. The Morgan fingerprint density at radius 3 is 2.32 bits per heavy atom. The van der Waals surface area contributed by atoms with E-state index < -0.39 is 0 Å². The first-order valence-corrected chi connectivity index (χ1v) is 7.79. The maximum Gasteiger partial charge on any atom is 0.257 e. The maximum absolute atomic E-state index is 12.5. The van der Waals surface area contributed by atoms with E-state index in [1.807, 2.05) is 13.8 Å². The van der Waals surface area contributed by atoms with Crippen LogP contribution in [0.2, 0.25) is 0 Å². The second-order valence-corrected chi connectivity index (χ2v) is 5.93. The van der Waals surface area contributed by atoms with Crippen molar-refractivity contribution in [2.24, 2.45) is 0 Å². The molecule has 1 aromatic carbocycles. The topological polar surface area (TPSA) is 55.1 Å². The highest BCUT2D eigenvalue weighted by Gasteiger charge is 2.20. The number of nitrogens with zero attached hydrogens (tertiary/aromatic N) is 1. The second kappa shape index (κ2) is 6.77. The Morgan fingerprint density at radius 1 is 1.18 bits per heavy atom. The minimum atomic E-state index is -0.129. The summed E-state index contributed by atoms with van der Waals surface area (Å²) in [6.07, 6.45) is 0.678. The van der Waals surface area contributed by atoms with Gasteiger partial charge in [0.2, 0.25) is 0 Å². The standard InChI is InChI=1S/C18H24N2O2/c1-6-16-17(13(5)22-20-16)18(21)19-12(4)15-9-7-14(8-10-15)11(2)3/h7-12H,6H2,1-5H3,(H,19,21). The molecule has 0 aliphatic heterocycles. The van der Waals surface area contributed by atoms with Crippen molar-refractivity contribution in [3.63, 3.8) is 0 Å². The Bertz CT molecular complexity index is 642. The molecule has 0 saturated heterocycles. The summed E-state index contributed by atoms with van der Waals surface area (Å²) in [7, 11) is 0. The molecule has 4 heteroatoms. The average molecular weight is 300 g/mol. The normalized spacial score (nSPS) is 12.5. The summed E-state index contributed by atoms with van der Waals surface area (Å²) in [5.41, 5.74) is 3.65. The van der Waals surface area contributed by atoms with Gasteiger partial charge in [0.1, 0.15) is 11.3 Å². The zero-order valence-corrected chi connectivity index (χ0v) is 13.9. The molecule has 4 nitrogen and oxygen atoms in total. The minimum absolute atomic E-state index is 0.0623. The van der Waals surface area contributed by atoms with Crippen LogP contribution in [0.5, 0.6) is 0 Å². The van der Waals surface area contributed by atoms with E-state index in [0.29, 0.717) is 29.4 Å². The molecule has 1 unspecified atom stereocenters. The highest BCUT2D eigenvalue weighted by Crippen LogP contribution is 2.20. The van der Waals surface area contributed by atoms with E-state index in [4.69, 9.17) is 4.52 Å². The number of aromatic nitrogens is 1. The molecule has 0 saturated carbocycles. The number of carbonyl (C=O) groups excluding carboxylic acids is 1. The predicted octanol–water partition coefficient (Wildman–Crippen LogP) is 4.16. The van der Waals surface area contributed by atoms with Gasteiger partial charge in [-0.05, 0) is 37.3 Å². The zero-order valence-electron chi connectivity index (χ0n) is 13.9. The number of carbonyl (C=O) groups is 1. The molecule has 0 spiro atoms. The Kier molecular flexibility index (Phi) is 5.01. The van der Waals surface area contributed by atoms with E-state index in [0.717, 1.165) is 5.56 Å². The molecule has 1 atom stereocenters. The Balaban J connectivity index is 2.12. The number of hydrogen-bond acceptors (Lipinski definition) is 3. The van der Waals surface area contributed by atoms with E-state index in [1.165, 1.54) is 5.56 Å². The highest BCUT2D eigenvalue weighted by molar-refractivity contribution is 5.96. The Labute approximate surface area is 131 Å². The van der Waals surface area contributed by atoms with Gasteiger partial charge in [-0.15, -0.1) is 0 Å². The van der Waals surface area contributed by atoms with Gasteiger partial charge in [0, 0.05) is 0 Å². The van der Waals surface area contributed by atoms with Gasteiger partial charge in [0.15, 0.2) is 0 Å². The second-order valence-electron chi connectivity index (χ2n) is 5.93. The van der Waals surface area contributed by atoms with E-state index >= 15 is 0 Å². The molecule has 118 valence electrons. The number of amides is 1. The van der Waals surface area contributed by atoms with Gasteiger partial charge in [-0.25, -0.2) is 0 Å². The van der Waals surface area contributed by atoms with Crippen molar-refractivity contribution in [3.8, 4) is 0 Å². The monoisotopic (exact) mass is 300 g/mol. The van der Waals surface area contributed by atoms with Crippen molar-refractivity contribution >= 4 is 5.91 Å². The van der Waals surface area contributed by atoms with Gasteiger partial charge < -0.3 is 9.84 Å². The summed E-state index contributed by atoms with van der Waals surface area (Å²) in [5, 5.41) is 6.95. The molecule has 1 N–H and O–H groups in total. The van der Waals surface area contributed by atoms with Crippen molar-refractivity contribution < 1.29 is 9.32 Å². The molecule has 0 bridgehead atoms. The average Bonchev–Trinajstić information content (AvgIpc) is 2.88. The van der Waals surface area contributed by atoms with Gasteiger partial charge in [-0.2, -0.15) is 0 Å². The third-order valence-corrected chi connectivity index (χ3v) is 3.95. The zero-order chi connectivity index (χ0) is 16.3.